The van der Waals surface area contributed by atoms with Crippen molar-refractivity contribution in [3.05, 3.63) is 96.7 Å². The molecule has 0 spiro atoms. The maximum Gasteiger partial charge on any atom is 0.0267 e. The van der Waals surface area contributed by atoms with E-state index >= 15 is 0 Å². The number of hydrogen-bond acceptors (Lipinski definition) is 1. The molecule has 1 aliphatic carbocycles. The van der Waals surface area contributed by atoms with Crippen LogP contribution in [0.5, 0.6) is 0 Å². The van der Waals surface area contributed by atoms with Crippen LogP contribution in [-0.4, -0.2) is 4.98 Å². The van der Waals surface area contributed by atoms with Gasteiger partial charge in [0.1, 0.15) is 0 Å². The number of aromatic nitrogens is 1. The molecule has 3 aromatic rings. The molecule has 0 amide bonds. The minimum absolute atomic E-state index is 1.34. The fourth-order valence-electron chi connectivity index (χ4n) is 2.22. The van der Waals surface area contributed by atoms with Crippen LogP contribution in [0.15, 0.2) is 79.1 Å². The minimum Gasteiger partial charge on any atom is -0.265 e. The molecule has 4 rings (SSSR count). The van der Waals surface area contributed by atoms with Crippen LogP contribution in [0.2, 0.25) is 0 Å². The minimum atomic E-state index is 1.34. The molecule has 0 fully saturated rings. The van der Waals surface area contributed by atoms with Crippen molar-refractivity contribution in [1.29, 1.82) is 0 Å². The largest absolute Gasteiger partial charge is 0.265 e. The Morgan fingerprint density at radius 2 is 1.05 bits per heavy atom. The van der Waals surface area contributed by atoms with Gasteiger partial charge in [-0.1, -0.05) is 54.6 Å². The average Bonchev–Trinajstić information content (AvgIpc) is 2.88. The van der Waals surface area contributed by atoms with Gasteiger partial charge < -0.3 is 0 Å². The van der Waals surface area contributed by atoms with Crippen molar-refractivity contribution in [3.63, 3.8) is 0 Å². The van der Waals surface area contributed by atoms with Crippen LogP contribution in [0.4, 0.5) is 0 Å². The first kappa shape index (κ1) is 11.7. The highest BCUT2D eigenvalue weighted by atomic mass is 14.6. The third-order valence-electron chi connectivity index (χ3n) is 3.09. The SMILES string of the molecule is [CH]1c2ccccc2-c2ccccc21.c1ccncc1. The summed E-state index contributed by atoms with van der Waals surface area (Å²) in [6.45, 7) is 0. The molecular formula is C18H14N. The predicted molar refractivity (Wildman–Crippen MR) is 78.6 cm³/mol. The molecule has 2 aromatic carbocycles. The molecular weight excluding hydrogens is 230 g/mol. The van der Waals surface area contributed by atoms with E-state index in [0.29, 0.717) is 0 Å². The topological polar surface area (TPSA) is 12.9 Å². The molecule has 0 saturated heterocycles. The van der Waals surface area contributed by atoms with Gasteiger partial charge in [-0.05, 0) is 34.4 Å². The summed E-state index contributed by atoms with van der Waals surface area (Å²) in [4.78, 5) is 3.78. The number of hydrogen-bond donors (Lipinski definition) is 0. The lowest BCUT2D eigenvalue weighted by atomic mass is 10.1. The average molecular weight is 244 g/mol. The van der Waals surface area contributed by atoms with E-state index in [2.05, 4.69) is 59.9 Å². The summed E-state index contributed by atoms with van der Waals surface area (Å²) in [5, 5.41) is 0. The van der Waals surface area contributed by atoms with Gasteiger partial charge in [0.15, 0.2) is 0 Å². The third kappa shape index (κ3) is 2.55. The summed E-state index contributed by atoms with van der Waals surface area (Å²) >= 11 is 0. The fourth-order valence-corrected chi connectivity index (χ4v) is 2.22. The molecule has 1 heterocycles. The Balaban J connectivity index is 0.000000155. The number of rotatable bonds is 0. The molecule has 0 atom stereocenters. The molecule has 0 bridgehead atoms. The van der Waals surface area contributed by atoms with Crippen LogP contribution in [0.25, 0.3) is 11.1 Å². The van der Waals surface area contributed by atoms with Gasteiger partial charge in [-0.25, -0.2) is 0 Å². The normalized spacial score (nSPS) is 10.9. The van der Waals surface area contributed by atoms with Crippen LogP contribution in [0.3, 0.4) is 0 Å². The number of benzene rings is 2. The summed E-state index contributed by atoms with van der Waals surface area (Å²) in [5.41, 5.74) is 5.39. The lowest BCUT2D eigenvalue weighted by Crippen LogP contribution is -1.74. The Morgan fingerprint density at radius 3 is 1.47 bits per heavy atom. The van der Waals surface area contributed by atoms with Crippen LogP contribution in [0.1, 0.15) is 11.1 Å². The van der Waals surface area contributed by atoms with Crippen molar-refractivity contribution in [3.8, 4) is 11.1 Å². The first-order valence-corrected chi connectivity index (χ1v) is 6.33. The second kappa shape index (κ2) is 5.49. The first-order valence-electron chi connectivity index (χ1n) is 6.33. The van der Waals surface area contributed by atoms with E-state index in [1.807, 2.05) is 18.2 Å². The Bertz CT molecular complexity index is 589. The standard InChI is InChI=1S/C13H9.C5H5N/c1-3-7-12-10(5-1)9-11-6-2-4-8-13(11)12;1-2-4-6-5-3-1/h1-9H;1-5H. The first-order chi connectivity index (χ1) is 9.45. The lowest BCUT2D eigenvalue weighted by molar-refractivity contribution is 1.33. The molecule has 0 N–H and O–H groups in total. The predicted octanol–water partition coefficient (Wildman–Crippen LogP) is 4.35. The summed E-state index contributed by atoms with van der Waals surface area (Å²) in [6.07, 6.45) is 5.74. The molecule has 19 heavy (non-hydrogen) atoms. The summed E-state index contributed by atoms with van der Waals surface area (Å²) in [7, 11) is 0. The molecule has 1 heteroatoms. The Hall–Kier alpha value is -2.41. The van der Waals surface area contributed by atoms with E-state index < -0.39 is 0 Å². The van der Waals surface area contributed by atoms with Gasteiger partial charge in [0.2, 0.25) is 0 Å². The fraction of sp³-hybridized carbons (Fsp3) is 0. The number of fused-ring (bicyclic) bond motifs is 3. The molecule has 0 aliphatic heterocycles. The summed E-state index contributed by atoms with van der Waals surface area (Å²) in [5.74, 6) is 0. The van der Waals surface area contributed by atoms with E-state index in [1.165, 1.54) is 22.3 Å². The molecule has 1 aromatic heterocycles. The molecule has 1 nitrogen and oxygen atoms in total. The maximum atomic E-state index is 3.78. The van der Waals surface area contributed by atoms with E-state index in [4.69, 9.17) is 0 Å². The zero-order valence-corrected chi connectivity index (χ0v) is 10.5. The van der Waals surface area contributed by atoms with Crippen LogP contribution in [-0.2, 0) is 0 Å². The second-order valence-electron chi connectivity index (χ2n) is 4.34. The Morgan fingerprint density at radius 1 is 0.526 bits per heavy atom. The maximum absolute atomic E-state index is 3.78. The van der Waals surface area contributed by atoms with Crippen molar-refractivity contribution in [2.24, 2.45) is 0 Å². The van der Waals surface area contributed by atoms with E-state index in [1.54, 1.807) is 12.4 Å². The van der Waals surface area contributed by atoms with Crippen molar-refractivity contribution in [2.75, 3.05) is 0 Å². The van der Waals surface area contributed by atoms with E-state index in [-0.39, 0.29) is 0 Å². The highest BCUT2D eigenvalue weighted by Crippen LogP contribution is 2.36. The van der Waals surface area contributed by atoms with Crippen molar-refractivity contribution < 1.29 is 0 Å². The van der Waals surface area contributed by atoms with Crippen LogP contribution in [0, 0.1) is 6.42 Å². The molecule has 1 aliphatic rings. The molecule has 91 valence electrons. The van der Waals surface area contributed by atoms with Gasteiger partial charge in [0, 0.05) is 18.8 Å². The molecule has 0 saturated carbocycles. The zero-order valence-electron chi connectivity index (χ0n) is 10.5. The summed E-state index contributed by atoms with van der Waals surface area (Å²) in [6, 6.07) is 22.7. The van der Waals surface area contributed by atoms with E-state index in [9.17, 15) is 0 Å². The second-order valence-corrected chi connectivity index (χ2v) is 4.34. The van der Waals surface area contributed by atoms with Crippen molar-refractivity contribution >= 4 is 0 Å². The van der Waals surface area contributed by atoms with Crippen molar-refractivity contribution in [2.45, 2.75) is 0 Å². The number of pyridine rings is 1. The monoisotopic (exact) mass is 244 g/mol. The Labute approximate surface area is 113 Å². The smallest absolute Gasteiger partial charge is 0.0267 e. The van der Waals surface area contributed by atoms with Gasteiger partial charge in [-0.15, -0.1) is 0 Å². The highest BCUT2D eigenvalue weighted by Gasteiger charge is 2.16. The third-order valence-corrected chi connectivity index (χ3v) is 3.09. The van der Waals surface area contributed by atoms with E-state index in [0.717, 1.165) is 0 Å². The summed E-state index contributed by atoms with van der Waals surface area (Å²) < 4.78 is 0. The van der Waals surface area contributed by atoms with Gasteiger partial charge in [0.25, 0.3) is 0 Å². The lowest BCUT2D eigenvalue weighted by Gasteiger charge is -1.97. The van der Waals surface area contributed by atoms with Crippen molar-refractivity contribution in [1.82, 2.24) is 4.98 Å². The quantitative estimate of drug-likeness (QED) is 0.448. The molecule has 1 radical (unpaired) electrons. The van der Waals surface area contributed by atoms with Gasteiger partial charge in [0.05, 0.1) is 0 Å². The van der Waals surface area contributed by atoms with Gasteiger partial charge >= 0.3 is 0 Å². The van der Waals surface area contributed by atoms with Crippen LogP contribution < -0.4 is 0 Å². The van der Waals surface area contributed by atoms with Gasteiger partial charge in [-0.3, -0.25) is 4.98 Å². The number of nitrogens with zero attached hydrogens (tertiary/aromatic N) is 1. The highest BCUT2D eigenvalue weighted by molar-refractivity contribution is 5.80. The molecule has 0 unspecified atom stereocenters. The zero-order chi connectivity index (χ0) is 12.9. The Kier molecular flexibility index (Phi) is 3.37. The van der Waals surface area contributed by atoms with Gasteiger partial charge in [-0.2, -0.15) is 0 Å². The van der Waals surface area contributed by atoms with Crippen LogP contribution >= 0.6 is 0 Å².